The molecule has 0 bridgehead atoms. The Balaban J connectivity index is 1.33. The van der Waals surface area contributed by atoms with Crippen molar-refractivity contribution in [3.05, 3.63) is 160 Å². The third-order valence-corrected chi connectivity index (χ3v) is 10.3. The number of aromatic nitrogens is 2. The Labute approximate surface area is 273 Å². The highest BCUT2D eigenvalue weighted by Gasteiger charge is 2.34. The highest BCUT2D eigenvalue weighted by molar-refractivity contribution is 7.07. The van der Waals surface area contributed by atoms with Crippen molar-refractivity contribution in [3.63, 3.8) is 0 Å². The SMILES string of the molecule is COc1ccccc1[C@@H]1C2=C(N=c3s/c(=C\c4cn(Cc5ccc(Cl)cc5Cl)c5ccccc45)c(=O)n31)c1ccccc1CC2. The highest BCUT2D eigenvalue weighted by Crippen LogP contribution is 2.43. The second-order valence-electron chi connectivity index (χ2n) is 11.3. The second kappa shape index (κ2) is 11.2. The van der Waals surface area contributed by atoms with Crippen molar-refractivity contribution in [3.8, 4) is 5.75 Å². The van der Waals surface area contributed by atoms with Crippen molar-refractivity contribution in [1.82, 2.24) is 9.13 Å². The topological polar surface area (TPSA) is 48.5 Å². The molecule has 5 nitrogen and oxygen atoms in total. The summed E-state index contributed by atoms with van der Waals surface area (Å²) in [6, 6.07) is 29.9. The van der Waals surface area contributed by atoms with Crippen LogP contribution in [0.15, 0.2) is 113 Å². The van der Waals surface area contributed by atoms with Gasteiger partial charge in [0.2, 0.25) is 0 Å². The maximum absolute atomic E-state index is 14.4. The minimum atomic E-state index is -0.309. The summed E-state index contributed by atoms with van der Waals surface area (Å²) < 4.78 is 10.5. The molecule has 1 aliphatic carbocycles. The fourth-order valence-electron chi connectivity index (χ4n) is 6.69. The van der Waals surface area contributed by atoms with Crippen molar-refractivity contribution < 1.29 is 4.74 Å². The van der Waals surface area contributed by atoms with E-state index in [1.54, 1.807) is 13.2 Å². The van der Waals surface area contributed by atoms with Crippen LogP contribution < -0.4 is 19.6 Å². The second-order valence-corrected chi connectivity index (χ2v) is 13.2. The molecule has 0 radical (unpaired) electrons. The molecule has 6 aromatic rings. The molecule has 0 spiro atoms. The van der Waals surface area contributed by atoms with E-state index in [9.17, 15) is 4.79 Å². The Morgan fingerprint density at radius 1 is 0.978 bits per heavy atom. The number of thiazole rings is 1. The molecule has 2 aliphatic rings. The molecule has 1 atom stereocenters. The summed E-state index contributed by atoms with van der Waals surface area (Å²) in [6.07, 6.45) is 5.82. The monoisotopic (exact) mass is 647 g/mol. The Kier molecular flexibility index (Phi) is 7.01. The fourth-order valence-corrected chi connectivity index (χ4v) is 8.15. The van der Waals surface area contributed by atoms with Crippen molar-refractivity contribution in [2.45, 2.75) is 25.4 Å². The normalized spacial score (nSPS) is 15.9. The minimum absolute atomic E-state index is 0.0577. The third-order valence-electron chi connectivity index (χ3n) is 8.77. The van der Waals surface area contributed by atoms with Gasteiger partial charge in [-0.2, -0.15) is 0 Å². The van der Waals surface area contributed by atoms with E-state index in [4.69, 9.17) is 32.9 Å². The van der Waals surface area contributed by atoms with E-state index in [-0.39, 0.29) is 11.6 Å². The Morgan fingerprint density at radius 2 is 1.78 bits per heavy atom. The lowest BCUT2D eigenvalue weighted by Crippen LogP contribution is -2.38. The molecule has 45 heavy (non-hydrogen) atoms. The first-order valence-electron chi connectivity index (χ1n) is 14.8. The molecule has 0 saturated carbocycles. The Hall–Kier alpha value is -4.36. The summed E-state index contributed by atoms with van der Waals surface area (Å²) >= 11 is 14.1. The Bertz CT molecular complexity index is 2370. The number of fused-ring (bicyclic) bond motifs is 4. The third kappa shape index (κ3) is 4.76. The van der Waals surface area contributed by atoms with Gasteiger partial charge in [-0.3, -0.25) is 9.36 Å². The molecule has 0 saturated heterocycles. The summed E-state index contributed by atoms with van der Waals surface area (Å²) in [6.45, 7) is 0.575. The fraction of sp³-hybridized carbons (Fsp3) is 0.135. The maximum atomic E-state index is 14.4. The molecule has 0 fully saturated rings. The number of ether oxygens (including phenoxy) is 1. The number of halogens is 2. The van der Waals surface area contributed by atoms with Gasteiger partial charge >= 0.3 is 0 Å². The number of aryl methyl sites for hydroxylation is 1. The van der Waals surface area contributed by atoms with Gasteiger partial charge in [-0.05, 0) is 59.9 Å². The summed E-state index contributed by atoms with van der Waals surface area (Å²) in [5.74, 6) is 0.758. The van der Waals surface area contributed by atoms with Crippen molar-refractivity contribution in [2.24, 2.45) is 4.99 Å². The van der Waals surface area contributed by atoms with Gasteiger partial charge in [-0.25, -0.2) is 4.99 Å². The zero-order valence-corrected chi connectivity index (χ0v) is 26.7. The summed E-state index contributed by atoms with van der Waals surface area (Å²) in [5.41, 5.74) is 8.43. The molecular formula is C37H27Cl2N3O2S. The molecule has 1 aliphatic heterocycles. The van der Waals surface area contributed by atoms with Gasteiger partial charge in [0, 0.05) is 50.4 Å². The van der Waals surface area contributed by atoms with Crippen LogP contribution in [0.4, 0.5) is 0 Å². The molecule has 0 N–H and O–H groups in total. The molecule has 3 heterocycles. The number of nitrogens with zero attached hydrogens (tertiary/aromatic N) is 3. The molecule has 4 aromatic carbocycles. The smallest absolute Gasteiger partial charge is 0.271 e. The zero-order valence-electron chi connectivity index (χ0n) is 24.3. The van der Waals surface area contributed by atoms with E-state index in [1.807, 2.05) is 53.1 Å². The van der Waals surface area contributed by atoms with Crippen molar-refractivity contribution in [1.29, 1.82) is 0 Å². The van der Waals surface area contributed by atoms with Gasteiger partial charge in [0.05, 0.1) is 23.4 Å². The molecule has 8 rings (SSSR count). The van der Waals surface area contributed by atoms with Crippen LogP contribution in [0.25, 0.3) is 22.7 Å². The summed E-state index contributed by atoms with van der Waals surface area (Å²) in [4.78, 5) is 20.3. The lowest BCUT2D eigenvalue weighted by molar-refractivity contribution is 0.402. The average Bonchev–Trinajstić information content (AvgIpc) is 3.57. The number of rotatable bonds is 5. The number of para-hydroxylation sites is 2. The van der Waals surface area contributed by atoms with Crippen LogP contribution in [-0.4, -0.2) is 16.2 Å². The molecular weight excluding hydrogens is 621 g/mol. The molecule has 0 amide bonds. The number of hydrogen-bond acceptors (Lipinski definition) is 4. The van der Waals surface area contributed by atoms with Gasteiger partial charge in [-0.15, -0.1) is 0 Å². The molecule has 2 aromatic heterocycles. The van der Waals surface area contributed by atoms with E-state index in [1.165, 1.54) is 16.9 Å². The summed E-state index contributed by atoms with van der Waals surface area (Å²) in [7, 11) is 1.68. The zero-order chi connectivity index (χ0) is 30.7. The predicted octanol–water partition coefficient (Wildman–Crippen LogP) is 7.64. The van der Waals surface area contributed by atoms with E-state index >= 15 is 0 Å². The molecule has 222 valence electrons. The highest BCUT2D eigenvalue weighted by atomic mass is 35.5. The van der Waals surface area contributed by atoms with Gasteiger partial charge < -0.3 is 9.30 Å². The van der Waals surface area contributed by atoms with Gasteiger partial charge in [0.15, 0.2) is 4.80 Å². The van der Waals surface area contributed by atoms with Crippen LogP contribution in [0.5, 0.6) is 5.75 Å². The quantitative estimate of drug-likeness (QED) is 0.193. The van der Waals surface area contributed by atoms with Crippen LogP contribution in [0.1, 0.15) is 40.3 Å². The van der Waals surface area contributed by atoms with Crippen LogP contribution in [-0.2, 0) is 13.0 Å². The number of allylic oxidation sites excluding steroid dienone is 1. The van der Waals surface area contributed by atoms with Crippen LogP contribution >= 0.6 is 34.5 Å². The first-order chi connectivity index (χ1) is 22.0. The van der Waals surface area contributed by atoms with Gasteiger partial charge in [0.25, 0.3) is 5.56 Å². The molecule has 0 unspecified atom stereocenters. The van der Waals surface area contributed by atoms with Gasteiger partial charge in [-0.1, -0.05) is 101 Å². The predicted molar refractivity (Wildman–Crippen MR) is 183 cm³/mol. The largest absolute Gasteiger partial charge is 0.496 e. The van der Waals surface area contributed by atoms with Crippen LogP contribution in [0, 0.1) is 0 Å². The first-order valence-corrected chi connectivity index (χ1v) is 16.3. The van der Waals surface area contributed by atoms with E-state index in [0.29, 0.717) is 25.9 Å². The first kappa shape index (κ1) is 28.1. The van der Waals surface area contributed by atoms with E-state index in [2.05, 4.69) is 53.2 Å². The van der Waals surface area contributed by atoms with Crippen LogP contribution in [0.2, 0.25) is 10.0 Å². The maximum Gasteiger partial charge on any atom is 0.271 e. The lowest BCUT2D eigenvalue weighted by atomic mass is 9.83. The standard InChI is InChI=1S/C37H27Cl2N3O2S/c1-44-32-13-7-5-11-28(32)35-29-17-15-22-8-2-3-10-27(22)34(29)40-37-42(35)36(43)33(45-37)18-24-21-41(31-12-6-4-9-26(24)31)20-23-14-16-25(38)19-30(23)39/h2-14,16,18-19,21,35H,15,17,20H2,1H3/b33-18-/t35-/m1/s1. The van der Waals surface area contributed by atoms with Crippen molar-refractivity contribution in [2.75, 3.05) is 7.11 Å². The number of benzene rings is 4. The van der Waals surface area contributed by atoms with Gasteiger partial charge in [0.1, 0.15) is 5.75 Å². The van der Waals surface area contributed by atoms with E-state index in [0.717, 1.165) is 63.0 Å². The van der Waals surface area contributed by atoms with Crippen molar-refractivity contribution >= 4 is 57.2 Å². The number of hydrogen-bond donors (Lipinski definition) is 0. The lowest BCUT2D eigenvalue weighted by Gasteiger charge is -2.31. The molecule has 8 heteroatoms. The van der Waals surface area contributed by atoms with E-state index < -0.39 is 0 Å². The minimum Gasteiger partial charge on any atom is -0.496 e. The van der Waals surface area contributed by atoms with Crippen LogP contribution in [0.3, 0.4) is 0 Å². The average molecular weight is 649 g/mol. The number of methoxy groups -OCH3 is 1. The Morgan fingerprint density at radius 3 is 2.64 bits per heavy atom. The summed E-state index contributed by atoms with van der Waals surface area (Å²) in [5, 5.41) is 2.29.